The van der Waals surface area contributed by atoms with Crippen molar-refractivity contribution >= 4 is 28.4 Å². The van der Waals surface area contributed by atoms with Crippen LogP contribution in [0.25, 0.3) is 5.69 Å². The van der Waals surface area contributed by atoms with Gasteiger partial charge in [-0.05, 0) is 72.9 Å². The van der Waals surface area contributed by atoms with Crippen LogP contribution < -0.4 is 5.73 Å². The summed E-state index contributed by atoms with van der Waals surface area (Å²) in [6, 6.07) is 6.33. The van der Waals surface area contributed by atoms with Crippen LogP contribution in [-0.2, 0) is 12.8 Å². The zero-order chi connectivity index (χ0) is 12.7. The van der Waals surface area contributed by atoms with Gasteiger partial charge in [-0.25, -0.2) is 4.68 Å². The number of benzene rings is 1. The third-order valence-corrected chi connectivity index (χ3v) is 4.85. The minimum absolute atomic E-state index is 0.711. The van der Waals surface area contributed by atoms with E-state index in [1.165, 1.54) is 33.2 Å². The summed E-state index contributed by atoms with van der Waals surface area (Å²) in [7, 11) is 0. The van der Waals surface area contributed by atoms with Crippen LogP contribution in [0.4, 0.5) is 5.82 Å². The van der Waals surface area contributed by atoms with Crippen LogP contribution in [0.1, 0.15) is 29.7 Å². The van der Waals surface area contributed by atoms with E-state index in [1.54, 1.807) is 0 Å². The fraction of sp³-hybridized carbons (Fsp3) is 0.357. The Morgan fingerprint density at radius 2 is 2.06 bits per heavy atom. The molecule has 0 fully saturated rings. The maximum Gasteiger partial charge on any atom is 0.149 e. The molecule has 0 unspecified atom stereocenters. The fourth-order valence-electron chi connectivity index (χ4n) is 2.65. The van der Waals surface area contributed by atoms with Crippen molar-refractivity contribution in [1.82, 2.24) is 9.78 Å². The molecule has 1 aromatic heterocycles. The quantitative estimate of drug-likeness (QED) is 0.800. The van der Waals surface area contributed by atoms with E-state index in [9.17, 15) is 0 Å². The average molecular weight is 353 g/mol. The molecule has 1 aliphatic carbocycles. The topological polar surface area (TPSA) is 43.8 Å². The lowest BCUT2D eigenvalue weighted by Gasteiger charge is -2.15. The number of halogens is 1. The Kier molecular flexibility index (Phi) is 3.05. The van der Waals surface area contributed by atoms with Crippen LogP contribution in [0.3, 0.4) is 0 Å². The van der Waals surface area contributed by atoms with Gasteiger partial charge in [0.1, 0.15) is 5.82 Å². The molecule has 0 atom stereocenters. The molecule has 0 spiro atoms. The largest absolute Gasteiger partial charge is 0.382 e. The maximum absolute atomic E-state index is 6.05. The predicted octanol–water partition coefficient (Wildman–Crippen LogP) is 3.25. The third-order valence-electron chi connectivity index (χ3n) is 3.68. The number of hydrogen-bond acceptors (Lipinski definition) is 2. The number of anilines is 1. The van der Waals surface area contributed by atoms with Gasteiger partial charge in [-0.2, -0.15) is 5.10 Å². The van der Waals surface area contributed by atoms with Gasteiger partial charge in [0.25, 0.3) is 0 Å². The summed E-state index contributed by atoms with van der Waals surface area (Å²) in [6.07, 6.45) is 4.63. The number of rotatable bonds is 1. The molecule has 0 saturated carbocycles. The fourth-order valence-corrected chi connectivity index (χ4v) is 3.14. The molecule has 0 aliphatic heterocycles. The number of nitrogens with zero attached hydrogens (tertiary/aromatic N) is 2. The molecule has 0 amide bonds. The van der Waals surface area contributed by atoms with Gasteiger partial charge in [0.05, 0.1) is 5.69 Å². The smallest absolute Gasteiger partial charge is 0.149 e. The van der Waals surface area contributed by atoms with E-state index < -0.39 is 0 Å². The molecule has 0 saturated heterocycles. The lowest BCUT2D eigenvalue weighted by Crippen LogP contribution is -2.09. The van der Waals surface area contributed by atoms with E-state index in [0.29, 0.717) is 5.82 Å². The predicted molar refractivity (Wildman–Crippen MR) is 82.1 cm³/mol. The lowest BCUT2D eigenvalue weighted by atomic mass is 9.97. The van der Waals surface area contributed by atoms with Crippen molar-refractivity contribution in [3.8, 4) is 5.69 Å². The first-order valence-electron chi connectivity index (χ1n) is 6.30. The van der Waals surface area contributed by atoms with Gasteiger partial charge in [-0.1, -0.05) is 6.07 Å². The van der Waals surface area contributed by atoms with Crippen LogP contribution in [0.5, 0.6) is 0 Å². The summed E-state index contributed by atoms with van der Waals surface area (Å²) < 4.78 is 3.32. The molecule has 0 bridgehead atoms. The van der Waals surface area contributed by atoms with Crippen molar-refractivity contribution in [2.75, 3.05) is 5.73 Å². The van der Waals surface area contributed by atoms with Crippen LogP contribution in [-0.4, -0.2) is 9.78 Å². The summed E-state index contributed by atoms with van der Waals surface area (Å²) in [5, 5.41) is 4.56. The summed E-state index contributed by atoms with van der Waals surface area (Å²) in [5.74, 6) is 0.711. The second-order valence-corrected chi connectivity index (χ2v) is 5.98. The van der Waals surface area contributed by atoms with Gasteiger partial charge in [-0.15, -0.1) is 0 Å². The van der Waals surface area contributed by atoms with E-state index in [2.05, 4.69) is 57.5 Å². The number of hydrogen-bond donors (Lipinski definition) is 1. The van der Waals surface area contributed by atoms with Crippen LogP contribution >= 0.6 is 22.6 Å². The Morgan fingerprint density at radius 3 is 2.89 bits per heavy atom. The van der Waals surface area contributed by atoms with Crippen LogP contribution in [0, 0.1) is 10.5 Å². The van der Waals surface area contributed by atoms with Crippen molar-refractivity contribution in [3.63, 3.8) is 0 Å². The van der Waals surface area contributed by atoms with E-state index in [1.807, 2.05) is 0 Å². The number of nitrogen functional groups attached to an aromatic ring is 1. The van der Waals surface area contributed by atoms with Gasteiger partial charge in [0.15, 0.2) is 0 Å². The molecule has 18 heavy (non-hydrogen) atoms. The standard InChI is InChI=1S/C14H16IN3/c1-9-11(15)6-4-8-12(9)18-13-7-3-2-5-10(13)14(16)17-18/h4,6,8H,2-3,5,7H2,1H3,(H2,16,17). The second-order valence-electron chi connectivity index (χ2n) is 4.81. The number of nitrogens with two attached hydrogens (primary N) is 1. The monoisotopic (exact) mass is 353 g/mol. The molecular formula is C14H16IN3. The Morgan fingerprint density at radius 1 is 1.28 bits per heavy atom. The van der Waals surface area contributed by atoms with Crippen LogP contribution in [0.15, 0.2) is 18.2 Å². The molecule has 1 aliphatic rings. The molecule has 94 valence electrons. The highest BCUT2D eigenvalue weighted by Crippen LogP contribution is 2.29. The molecule has 2 aromatic rings. The zero-order valence-electron chi connectivity index (χ0n) is 10.4. The Bertz CT molecular complexity index is 601. The molecule has 1 aromatic carbocycles. The van der Waals surface area contributed by atoms with E-state index in [4.69, 9.17) is 5.73 Å². The van der Waals surface area contributed by atoms with Crippen molar-refractivity contribution < 1.29 is 0 Å². The molecule has 1 heterocycles. The van der Waals surface area contributed by atoms with Gasteiger partial charge in [-0.3, -0.25) is 0 Å². The zero-order valence-corrected chi connectivity index (χ0v) is 12.6. The van der Waals surface area contributed by atoms with Crippen molar-refractivity contribution in [2.24, 2.45) is 0 Å². The summed E-state index contributed by atoms with van der Waals surface area (Å²) in [4.78, 5) is 0. The minimum Gasteiger partial charge on any atom is -0.382 e. The van der Waals surface area contributed by atoms with Gasteiger partial charge in [0, 0.05) is 14.8 Å². The average Bonchev–Trinajstić information content (AvgIpc) is 2.71. The molecule has 4 heteroatoms. The number of fused-ring (bicyclic) bond motifs is 1. The number of aromatic nitrogens is 2. The Labute approximate surface area is 121 Å². The van der Waals surface area contributed by atoms with Crippen molar-refractivity contribution in [3.05, 3.63) is 38.6 Å². The Balaban J connectivity index is 2.20. The first-order chi connectivity index (χ1) is 8.68. The highest BCUT2D eigenvalue weighted by atomic mass is 127. The normalized spacial score (nSPS) is 14.6. The summed E-state index contributed by atoms with van der Waals surface area (Å²) >= 11 is 2.37. The molecule has 3 nitrogen and oxygen atoms in total. The first kappa shape index (κ1) is 12.0. The lowest BCUT2D eigenvalue weighted by molar-refractivity contribution is 0.652. The maximum atomic E-state index is 6.05. The van der Waals surface area contributed by atoms with Gasteiger partial charge < -0.3 is 5.73 Å². The van der Waals surface area contributed by atoms with Gasteiger partial charge >= 0.3 is 0 Å². The van der Waals surface area contributed by atoms with Gasteiger partial charge in [0.2, 0.25) is 0 Å². The first-order valence-corrected chi connectivity index (χ1v) is 7.38. The van der Waals surface area contributed by atoms with Crippen molar-refractivity contribution in [1.29, 1.82) is 0 Å². The molecular weight excluding hydrogens is 337 g/mol. The van der Waals surface area contributed by atoms with E-state index in [-0.39, 0.29) is 0 Å². The third kappa shape index (κ3) is 1.83. The second kappa shape index (κ2) is 4.57. The molecule has 0 radical (unpaired) electrons. The van der Waals surface area contributed by atoms with Crippen LogP contribution in [0.2, 0.25) is 0 Å². The highest BCUT2D eigenvalue weighted by molar-refractivity contribution is 14.1. The van der Waals surface area contributed by atoms with Crippen molar-refractivity contribution in [2.45, 2.75) is 32.6 Å². The SMILES string of the molecule is Cc1c(I)cccc1-n1nc(N)c2c1CCCC2. The summed E-state index contributed by atoms with van der Waals surface area (Å²) in [6.45, 7) is 2.14. The minimum atomic E-state index is 0.711. The summed E-state index contributed by atoms with van der Waals surface area (Å²) in [5.41, 5.74) is 11.1. The molecule has 3 rings (SSSR count). The van der Waals surface area contributed by atoms with E-state index >= 15 is 0 Å². The molecule has 2 N–H and O–H groups in total. The van der Waals surface area contributed by atoms with E-state index in [0.717, 1.165) is 18.5 Å². The highest BCUT2D eigenvalue weighted by Gasteiger charge is 2.20. The Hall–Kier alpha value is -1.04.